The Balaban J connectivity index is 1.51. The Hall–Kier alpha value is -5.37. The first-order valence-electron chi connectivity index (χ1n) is 12.3. The van der Waals surface area contributed by atoms with Crippen LogP contribution in [-0.4, -0.2) is 20.4 Å². The third-order valence-electron chi connectivity index (χ3n) is 6.50. The molecule has 0 bridgehead atoms. The van der Waals surface area contributed by atoms with Crippen molar-refractivity contribution in [1.82, 2.24) is 14.5 Å². The number of amides is 1. The average molecular weight is 535 g/mol. The molecule has 0 atom stereocenters. The number of H-pyrrole nitrogens is 1. The van der Waals surface area contributed by atoms with Gasteiger partial charge in [-0.05, 0) is 73.2 Å². The Morgan fingerprint density at radius 2 is 1.80 bits per heavy atom. The molecule has 198 valence electrons. The number of carbonyl (C=O) groups is 1. The van der Waals surface area contributed by atoms with E-state index in [0.717, 1.165) is 11.1 Å². The Bertz CT molecular complexity index is 1880. The lowest BCUT2D eigenvalue weighted by Gasteiger charge is -2.13. The lowest BCUT2D eigenvalue weighted by atomic mass is 10.0. The summed E-state index contributed by atoms with van der Waals surface area (Å²) >= 11 is 0. The number of pyridine rings is 2. The van der Waals surface area contributed by atoms with Crippen molar-refractivity contribution < 1.29 is 13.6 Å². The fourth-order valence-electron chi connectivity index (χ4n) is 4.52. The second kappa shape index (κ2) is 10.8. The molecule has 0 saturated heterocycles. The first kappa shape index (κ1) is 26.2. The Morgan fingerprint density at radius 1 is 1.02 bits per heavy atom. The van der Waals surface area contributed by atoms with Crippen LogP contribution in [0.15, 0.2) is 109 Å². The topological polar surface area (TPSA) is 79.8 Å². The van der Waals surface area contributed by atoms with Gasteiger partial charge in [0.2, 0.25) is 0 Å². The van der Waals surface area contributed by atoms with Crippen LogP contribution in [0.25, 0.3) is 33.4 Å². The van der Waals surface area contributed by atoms with Gasteiger partial charge in [0.15, 0.2) is 0 Å². The standard InChI is InChI=1S/C32H24F2N4O2/c1-4-6-20(5-2)21-15-27-28(18-36-30(27)35-17-21)26-16-23(10-14-29(26)34)37-31(39)25-13-7-19(3)38(32(25)40)24-11-8-22(33)9-12-24/h4-18H,1-2H2,3H3,(H,35,36)(H,37,39)/b20-6+. The molecule has 5 aromatic rings. The van der Waals surface area contributed by atoms with Crippen LogP contribution in [0.2, 0.25) is 0 Å². The summed E-state index contributed by atoms with van der Waals surface area (Å²) in [6.07, 6.45) is 8.47. The number of aromatic amines is 1. The van der Waals surface area contributed by atoms with Crippen LogP contribution < -0.4 is 10.9 Å². The number of aromatic nitrogens is 3. The van der Waals surface area contributed by atoms with E-state index in [9.17, 15) is 14.0 Å². The predicted molar refractivity (Wildman–Crippen MR) is 155 cm³/mol. The molecule has 0 fully saturated rings. The maximum atomic E-state index is 15.1. The summed E-state index contributed by atoms with van der Waals surface area (Å²) in [5, 5.41) is 3.38. The van der Waals surface area contributed by atoms with Crippen molar-refractivity contribution in [3.05, 3.63) is 143 Å². The summed E-state index contributed by atoms with van der Waals surface area (Å²) < 4.78 is 29.8. The Kier molecular flexibility index (Phi) is 7.07. The molecule has 3 heterocycles. The SMILES string of the molecule is C=C/C=C(\C=C)c1cnc2[nH]cc(-c3cc(NC(=O)c4ccc(C)n(-c5ccc(F)cc5)c4=O)ccc3F)c2c1. The average Bonchev–Trinajstić information content (AvgIpc) is 3.37. The van der Waals surface area contributed by atoms with E-state index in [1.54, 1.807) is 43.6 Å². The molecular weight excluding hydrogens is 510 g/mol. The van der Waals surface area contributed by atoms with Crippen LogP contribution in [0.1, 0.15) is 21.6 Å². The fourth-order valence-corrected chi connectivity index (χ4v) is 4.52. The zero-order valence-corrected chi connectivity index (χ0v) is 21.5. The van der Waals surface area contributed by atoms with Gasteiger partial charge in [-0.25, -0.2) is 13.8 Å². The van der Waals surface area contributed by atoms with Crippen molar-refractivity contribution in [3.8, 4) is 16.8 Å². The molecule has 0 unspecified atom stereocenters. The molecule has 0 aliphatic heterocycles. The van der Waals surface area contributed by atoms with Gasteiger partial charge in [-0.15, -0.1) is 0 Å². The number of benzene rings is 2. The molecule has 6 nitrogen and oxygen atoms in total. The molecule has 0 spiro atoms. The van der Waals surface area contributed by atoms with E-state index in [4.69, 9.17) is 0 Å². The summed E-state index contributed by atoms with van der Waals surface area (Å²) in [5.74, 6) is -1.59. The van der Waals surface area contributed by atoms with Gasteiger partial charge >= 0.3 is 0 Å². The van der Waals surface area contributed by atoms with Crippen LogP contribution in [0.3, 0.4) is 0 Å². The molecule has 5 rings (SSSR count). The van der Waals surface area contributed by atoms with Crippen molar-refractivity contribution in [3.63, 3.8) is 0 Å². The Labute approximate surface area is 228 Å². The number of hydrogen-bond donors (Lipinski definition) is 2. The minimum Gasteiger partial charge on any atom is -0.346 e. The minimum absolute atomic E-state index is 0.118. The lowest BCUT2D eigenvalue weighted by Crippen LogP contribution is -2.29. The lowest BCUT2D eigenvalue weighted by molar-refractivity contribution is 0.102. The van der Waals surface area contributed by atoms with Gasteiger partial charge in [-0.1, -0.05) is 31.4 Å². The van der Waals surface area contributed by atoms with Gasteiger partial charge in [-0.2, -0.15) is 0 Å². The number of hydrogen-bond acceptors (Lipinski definition) is 3. The van der Waals surface area contributed by atoms with Crippen LogP contribution in [0.5, 0.6) is 0 Å². The van der Waals surface area contributed by atoms with E-state index in [2.05, 4.69) is 28.4 Å². The van der Waals surface area contributed by atoms with Crippen molar-refractivity contribution in [1.29, 1.82) is 0 Å². The molecule has 0 aliphatic rings. The first-order chi connectivity index (χ1) is 19.3. The molecule has 40 heavy (non-hydrogen) atoms. The van der Waals surface area contributed by atoms with E-state index >= 15 is 4.39 Å². The molecule has 0 saturated carbocycles. The van der Waals surface area contributed by atoms with E-state index in [1.165, 1.54) is 53.1 Å². The summed E-state index contributed by atoms with van der Waals surface area (Å²) in [5.41, 5.74) is 3.57. The monoisotopic (exact) mass is 534 g/mol. The predicted octanol–water partition coefficient (Wildman–Crippen LogP) is 6.98. The summed E-state index contributed by atoms with van der Waals surface area (Å²) in [7, 11) is 0. The van der Waals surface area contributed by atoms with Gasteiger partial charge in [0.05, 0.1) is 0 Å². The number of rotatable bonds is 7. The quantitative estimate of drug-likeness (QED) is 0.221. The minimum atomic E-state index is -0.661. The molecule has 1 amide bonds. The zero-order valence-electron chi connectivity index (χ0n) is 21.5. The fraction of sp³-hybridized carbons (Fsp3) is 0.0312. The van der Waals surface area contributed by atoms with E-state index in [1.807, 2.05) is 6.07 Å². The smallest absolute Gasteiger partial charge is 0.268 e. The highest BCUT2D eigenvalue weighted by atomic mass is 19.1. The van der Waals surface area contributed by atoms with Crippen LogP contribution >= 0.6 is 0 Å². The van der Waals surface area contributed by atoms with Crippen molar-refractivity contribution in [2.24, 2.45) is 0 Å². The molecule has 2 N–H and O–H groups in total. The highest BCUT2D eigenvalue weighted by molar-refractivity contribution is 6.05. The molecule has 0 aliphatic carbocycles. The van der Waals surface area contributed by atoms with Crippen molar-refractivity contribution in [2.75, 3.05) is 5.32 Å². The third-order valence-corrected chi connectivity index (χ3v) is 6.50. The molecule has 2 aromatic carbocycles. The summed E-state index contributed by atoms with van der Waals surface area (Å²) in [6, 6.07) is 14.5. The van der Waals surface area contributed by atoms with Crippen molar-refractivity contribution >= 4 is 28.2 Å². The largest absolute Gasteiger partial charge is 0.346 e. The van der Waals surface area contributed by atoms with Crippen molar-refractivity contribution in [2.45, 2.75) is 6.92 Å². The van der Waals surface area contributed by atoms with Gasteiger partial charge in [0.25, 0.3) is 11.5 Å². The second-order valence-corrected chi connectivity index (χ2v) is 9.04. The number of fused-ring (bicyclic) bond motifs is 1. The number of anilines is 1. The first-order valence-corrected chi connectivity index (χ1v) is 12.3. The van der Waals surface area contributed by atoms with E-state index in [0.29, 0.717) is 33.7 Å². The van der Waals surface area contributed by atoms with E-state index < -0.39 is 23.1 Å². The van der Waals surface area contributed by atoms with Gasteiger partial charge < -0.3 is 10.3 Å². The number of aryl methyl sites for hydroxylation is 1. The number of nitrogens with zero attached hydrogens (tertiary/aromatic N) is 2. The number of carbonyl (C=O) groups excluding carboxylic acids is 1. The van der Waals surface area contributed by atoms with Crippen LogP contribution in [-0.2, 0) is 0 Å². The summed E-state index contributed by atoms with van der Waals surface area (Å²) in [4.78, 5) is 33.9. The number of nitrogens with one attached hydrogen (secondary N) is 2. The highest BCUT2D eigenvalue weighted by Crippen LogP contribution is 2.33. The normalized spacial score (nSPS) is 11.4. The zero-order chi connectivity index (χ0) is 28.4. The summed E-state index contributed by atoms with van der Waals surface area (Å²) in [6.45, 7) is 9.26. The van der Waals surface area contributed by atoms with Gasteiger partial charge in [0, 0.05) is 51.5 Å². The Morgan fingerprint density at radius 3 is 2.52 bits per heavy atom. The molecular formula is C32H24F2N4O2. The second-order valence-electron chi connectivity index (χ2n) is 9.04. The van der Waals surface area contributed by atoms with Gasteiger partial charge in [0.1, 0.15) is 22.8 Å². The maximum absolute atomic E-state index is 15.1. The third kappa shape index (κ3) is 4.90. The van der Waals surface area contributed by atoms with Crippen LogP contribution in [0, 0.1) is 18.6 Å². The maximum Gasteiger partial charge on any atom is 0.268 e. The number of halogens is 2. The van der Waals surface area contributed by atoms with Crippen LogP contribution in [0.4, 0.5) is 14.5 Å². The molecule has 0 radical (unpaired) electrons. The number of allylic oxidation sites excluding steroid dienone is 4. The van der Waals surface area contributed by atoms with E-state index in [-0.39, 0.29) is 11.1 Å². The van der Waals surface area contributed by atoms with Gasteiger partial charge in [-0.3, -0.25) is 14.2 Å². The molecule has 3 aromatic heterocycles. The molecule has 8 heteroatoms. The highest BCUT2D eigenvalue weighted by Gasteiger charge is 2.18.